The molecule has 3 aromatic rings. The second-order valence-electron chi connectivity index (χ2n) is 8.76. The average Bonchev–Trinajstić information content (AvgIpc) is 2.73. The molecule has 0 atom stereocenters. The molecule has 3 rings (SSSR count). The predicted molar refractivity (Wildman–Crippen MR) is 128 cm³/mol. The van der Waals surface area contributed by atoms with Gasteiger partial charge in [-0.15, -0.1) is 0 Å². The molecule has 0 saturated heterocycles. The first kappa shape index (κ1) is 23.3. The van der Waals surface area contributed by atoms with E-state index in [-0.39, 0.29) is 21.6 Å². The molecule has 32 heavy (non-hydrogen) atoms. The van der Waals surface area contributed by atoms with Crippen LogP contribution in [0.4, 0.5) is 11.4 Å². The van der Waals surface area contributed by atoms with Gasteiger partial charge in [0.15, 0.2) is 0 Å². The molecule has 0 fully saturated rings. The van der Waals surface area contributed by atoms with E-state index in [2.05, 4.69) is 25.5 Å². The maximum absolute atomic E-state index is 12.8. The summed E-state index contributed by atoms with van der Waals surface area (Å²) in [6.45, 7) is 6.68. The molecule has 0 spiro atoms. The van der Waals surface area contributed by atoms with Crippen LogP contribution in [-0.4, -0.2) is 26.5 Å². The van der Waals surface area contributed by atoms with Crippen LogP contribution in [0.5, 0.6) is 0 Å². The van der Waals surface area contributed by atoms with Crippen molar-refractivity contribution in [3.05, 3.63) is 89.5 Å². The van der Waals surface area contributed by atoms with E-state index >= 15 is 0 Å². The van der Waals surface area contributed by atoms with E-state index in [1.54, 1.807) is 43.4 Å². The Hall–Kier alpha value is -3.32. The van der Waals surface area contributed by atoms with Crippen molar-refractivity contribution >= 4 is 27.4 Å². The topological polar surface area (TPSA) is 86.7 Å². The van der Waals surface area contributed by atoms with E-state index in [9.17, 15) is 18.3 Å². The van der Waals surface area contributed by atoms with Crippen molar-refractivity contribution in [2.45, 2.75) is 37.6 Å². The number of hydrogen-bond acceptors (Lipinski definition) is 4. The normalized spacial score (nSPS) is 11.8. The largest absolute Gasteiger partial charge is 0.478 e. The Labute approximate surface area is 189 Å². The minimum Gasteiger partial charge on any atom is -0.478 e. The van der Waals surface area contributed by atoms with Crippen molar-refractivity contribution in [1.82, 2.24) is 0 Å². The first-order valence-electron chi connectivity index (χ1n) is 10.2. The minimum atomic E-state index is -3.86. The van der Waals surface area contributed by atoms with Crippen LogP contribution in [0.1, 0.15) is 42.3 Å². The lowest BCUT2D eigenvalue weighted by atomic mass is 9.87. The van der Waals surface area contributed by atoms with Gasteiger partial charge < -0.3 is 10.0 Å². The SMILES string of the molecule is CN(Cc1ccccc1)c1ccc(NS(=O)(=O)c2ccc(C(C)(C)C)cc2)cc1C(=O)O. The van der Waals surface area contributed by atoms with Gasteiger partial charge in [0.1, 0.15) is 0 Å². The molecule has 0 amide bonds. The maximum atomic E-state index is 12.8. The van der Waals surface area contributed by atoms with E-state index in [0.717, 1.165) is 11.1 Å². The molecule has 0 aliphatic carbocycles. The Bertz CT molecular complexity index is 1200. The van der Waals surface area contributed by atoms with Crippen molar-refractivity contribution in [2.24, 2.45) is 0 Å². The van der Waals surface area contributed by atoms with Crippen LogP contribution >= 0.6 is 0 Å². The molecule has 0 heterocycles. The number of benzene rings is 3. The molecule has 3 aromatic carbocycles. The van der Waals surface area contributed by atoms with Crippen LogP contribution < -0.4 is 9.62 Å². The first-order chi connectivity index (χ1) is 15.0. The van der Waals surface area contributed by atoms with Gasteiger partial charge in [-0.2, -0.15) is 0 Å². The summed E-state index contributed by atoms with van der Waals surface area (Å²) in [5.74, 6) is -1.13. The molecule has 2 N–H and O–H groups in total. The van der Waals surface area contributed by atoms with Gasteiger partial charge in [0.05, 0.1) is 16.1 Å². The summed E-state index contributed by atoms with van der Waals surface area (Å²) in [6.07, 6.45) is 0. The van der Waals surface area contributed by atoms with Crippen molar-refractivity contribution < 1.29 is 18.3 Å². The van der Waals surface area contributed by atoms with E-state index in [4.69, 9.17) is 0 Å². The van der Waals surface area contributed by atoms with Crippen LogP contribution in [-0.2, 0) is 22.0 Å². The van der Waals surface area contributed by atoms with Crippen LogP contribution in [0.25, 0.3) is 0 Å². The van der Waals surface area contributed by atoms with Gasteiger partial charge in [-0.1, -0.05) is 63.2 Å². The van der Waals surface area contributed by atoms with E-state index in [1.165, 1.54) is 6.07 Å². The highest BCUT2D eigenvalue weighted by molar-refractivity contribution is 7.92. The number of nitrogens with zero attached hydrogens (tertiary/aromatic N) is 1. The smallest absolute Gasteiger partial charge is 0.337 e. The van der Waals surface area contributed by atoms with Crippen molar-refractivity contribution in [3.63, 3.8) is 0 Å². The lowest BCUT2D eigenvalue weighted by Gasteiger charge is -2.22. The Balaban J connectivity index is 1.85. The molecule has 0 saturated carbocycles. The van der Waals surface area contributed by atoms with Gasteiger partial charge in [-0.3, -0.25) is 4.72 Å². The van der Waals surface area contributed by atoms with Crippen LogP contribution in [0.2, 0.25) is 0 Å². The fourth-order valence-corrected chi connectivity index (χ4v) is 4.44. The summed E-state index contributed by atoms with van der Waals surface area (Å²) >= 11 is 0. The predicted octanol–water partition coefficient (Wildman–Crippen LogP) is 5.12. The summed E-state index contributed by atoms with van der Waals surface area (Å²) in [5, 5.41) is 9.72. The number of rotatable bonds is 7. The molecule has 168 valence electrons. The zero-order valence-corrected chi connectivity index (χ0v) is 19.5. The monoisotopic (exact) mass is 452 g/mol. The minimum absolute atomic E-state index is 0.0201. The van der Waals surface area contributed by atoms with Gasteiger partial charge in [-0.25, -0.2) is 13.2 Å². The highest BCUT2D eigenvalue weighted by atomic mass is 32.2. The highest BCUT2D eigenvalue weighted by Gasteiger charge is 2.20. The molecule has 0 radical (unpaired) electrons. The van der Waals surface area contributed by atoms with Crippen molar-refractivity contribution in [3.8, 4) is 0 Å². The molecule has 0 aliphatic heterocycles. The molecule has 0 bridgehead atoms. The third-order valence-electron chi connectivity index (χ3n) is 5.18. The van der Waals surface area contributed by atoms with Gasteiger partial charge in [-0.05, 0) is 46.9 Å². The number of aromatic carboxylic acids is 1. The molecule has 0 aliphatic rings. The number of nitrogens with one attached hydrogen (secondary N) is 1. The Morgan fingerprint density at radius 1 is 0.969 bits per heavy atom. The fraction of sp³-hybridized carbons (Fsp3) is 0.240. The standard InChI is InChI=1S/C25H28N2O4S/c1-25(2,3)19-10-13-21(14-11-19)32(30,31)26-20-12-15-23(22(16-20)24(28)29)27(4)17-18-8-6-5-7-9-18/h5-16,26H,17H2,1-4H3,(H,28,29). The second kappa shape index (κ2) is 9.04. The quantitative estimate of drug-likeness (QED) is 0.520. The number of carboxylic acids is 1. The third kappa shape index (κ3) is 5.48. The molecule has 0 aromatic heterocycles. The third-order valence-corrected chi connectivity index (χ3v) is 6.58. The highest BCUT2D eigenvalue weighted by Crippen LogP contribution is 2.28. The number of anilines is 2. The molecular weight excluding hydrogens is 424 g/mol. The molecule has 6 nitrogen and oxygen atoms in total. The van der Waals surface area contributed by atoms with Crippen molar-refractivity contribution in [1.29, 1.82) is 0 Å². The fourth-order valence-electron chi connectivity index (χ4n) is 3.39. The average molecular weight is 453 g/mol. The number of carbonyl (C=O) groups is 1. The molecule has 7 heteroatoms. The lowest BCUT2D eigenvalue weighted by Crippen LogP contribution is -2.20. The van der Waals surface area contributed by atoms with Gasteiger partial charge >= 0.3 is 5.97 Å². The first-order valence-corrected chi connectivity index (χ1v) is 11.7. The zero-order chi connectivity index (χ0) is 23.5. The zero-order valence-electron chi connectivity index (χ0n) is 18.7. The maximum Gasteiger partial charge on any atom is 0.337 e. The Kier molecular flexibility index (Phi) is 6.60. The van der Waals surface area contributed by atoms with Crippen LogP contribution in [0.15, 0.2) is 77.7 Å². The van der Waals surface area contributed by atoms with E-state index in [1.807, 2.05) is 35.2 Å². The summed E-state index contributed by atoms with van der Waals surface area (Å²) in [6, 6.07) is 20.9. The number of carboxylic acid groups (broad SMARTS) is 1. The van der Waals surface area contributed by atoms with E-state index in [0.29, 0.717) is 12.2 Å². The molecule has 0 unspecified atom stereocenters. The Morgan fingerprint density at radius 2 is 1.59 bits per heavy atom. The summed E-state index contributed by atoms with van der Waals surface area (Å²) in [5.41, 5.74) is 2.68. The second-order valence-corrected chi connectivity index (χ2v) is 10.4. The van der Waals surface area contributed by atoms with Gasteiger partial charge in [0, 0.05) is 19.3 Å². The van der Waals surface area contributed by atoms with Gasteiger partial charge in [0.2, 0.25) is 0 Å². The van der Waals surface area contributed by atoms with Crippen molar-refractivity contribution in [2.75, 3.05) is 16.7 Å². The number of sulfonamides is 1. The van der Waals surface area contributed by atoms with Crippen LogP contribution in [0.3, 0.4) is 0 Å². The summed E-state index contributed by atoms with van der Waals surface area (Å²) in [4.78, 5) is 13.8. The Morgan fingerprint density at radius 3 is 2.16 bits per heavy atom. The van der Waals surface area contributed by atoms with Crippen LogP contribution in [0, 0.1) is 0 Å². The molecular formula is C25H28N2O4S. The summed E-state index contributed by atoms with van der Waals surface area (Å²) < 4.78 is 28.2. The lowest BCUT2D eigenvalue weighted by molar-refractivity contribution is 0.0697. The number of hydrogen-bond donors (Lipinski definition) is 2. The van der Waals surface area contributed by atoms with Gasteiger partial charge in [0.25, 0.3) is 10.0 Å². The summed E-state index contributed by atoms with van der Waals surface area (Å²) in [7, 11) is -2.06. The van der Waals surface area contributed by atoms with E-state index < -0.39 is 16.0 Å².